The summed E-state index contributed by atoms with van der Waals surface area (Å²) in [5.41, 5.74) is 4.29. The van der Waals surface area contributed by atoms with Gasteiger partial charge in [-0.25, -0.2) is 13.8 Å². The molecule has 3 aromatic rings. The van der Waals surface area contributed by atoms with Gasteiger partial charge in [-0.1, -0.05) is 51.8 Å². The summed E-state index contributed by atoms with van der Waals surface area (Å²) in [5.74, 6) is -0.492. The van der Waals surface area contributed by atoms with Crippen molar-refractivity contribution in [3.05, 3.63) is 87.9 Å². The molecule has 0 fully saturated rings. The fraction of sp³-hybridized carbons (Fsp3) is 0.167. The molecular formula is C24H24BrN3O5S. The van der Waals surface area contributed by atoms with Crippen LogP contribution in [0.15, 0.2) is 81.2 Å². The Labute approximate surface area is 207 Å². The first-order chi connectivity index (χ1) is 16.2. The van der Waals surface area contributed by atoms with Gasteiger partial charge in [-0.2, -0.15) is 9.41 Å². The van der Waals surface area contributed by atoms with E-state index in [9.17, 15) is 18.3 Å². The summed E-state index contributed by atoms with van der Waals surface area (Å²) >= 11 is 3.36. The Bertz CT molecular complexity index is 1280. The quantitative estimate of drug-likeness (QED) is 0.314. The maximum Gasteiger partial charge on any atom is 0.255 e. The van der Waals surface area contributed by atoms with Crippen molar-refractivity contribution < 1.29 is 23.1 Å². The van der Waals surface area contributed by atoms with E-state index in [0.717, 1.165) is 19.9 Å². The lowest BCUT2D eigenvalue weighted by Gasteiger charge is -2.21. The van der Waals surface area contributed by atoms with E-state index < -0.39 is 22.5 Å². The average molecular weight is 546 g/mol. The van der Waals surface area contributed by atoms with Crippen molar-refractivity contribution in [3.63, 3.8) is 0 Å². The SMILES string of the molecule is COc1cccc(/C=N\NC(=O)CN(Cc2ccc(Br)cc2)S(=O)(=O)c2ccc(C)cc2)c1O. The normalized spacial score (nSPS) is 11.6. The lowest BCUT2D eigenvalue weighted by molar-refractivity contribution is -0.121. The highest BCUT2D eigenvalue weighted by atomic mass is 79.9. The predicted molar refractivity (Wildman–Crippen MR) is 133 cm³/mol. The van der Waals surface area contributed by atoms with Crippen LogP contribution in [0, 0.1) is 6.92 Å². The van der Waals surface area contributed by atoms with Crippen molar-refractivity contribution in [3.8, 4) is 11.5 Å². The number of nitrogens with zero attached hydrogens (tertiary/aromatic N) is 2. The van der Waals surface area contributed by atoms with E-state index in [4.69, 9.17) is 4.74 Å². The summed E-state index contributed by atoms with van der Waals surface area (Å²) < 4.78 is 33.6. The number of nitrogens with one attached hydrogen (secondary N) is 1. The molecule has 0 aliphatic rings. The third-order valence-electron chi connectivity index (χ3n) is 4.89. The minimum Gasteiger partial charge on any atom is -0.504 e. The maximum absolute atomic E-state index is 13.3. The van der Waals surface area contributed by atoms with Crippen LogP contribution in [0.2, 0.25) is 0 Å². The Balaban J connectivity index is 1.79. The third-order valence-corrected chi connectivity index (χ3v) is 7.23. The number of halogens is 1. The molecule has 0 aliphatic carbocycles. The number of carbonyl (C=O) groups is 1. The van der Waals surface area contributed by atoms with Gasteiger partial charge in [0.15, 0.2) is 11.5 Å². The molecule has 0 radical (unpaired) electrons. The van der Waals surface area contributed by atoms with E-state index in [1.807, 2.05) is 6.92 Å². The Morgan fingerprint density at radius 3 is 2.44 bits per heavy atom. The Morgan fingerprint density at radius 1 is 1.12 bits per heavy atom. The predicted octanol–water partition coefficient (Wildman–Crippen LogP) is 3.81. The van der Waals surface area contributed by atoms with Crippen LogP contribution in [-0.2, 0) is 21.4 Å². The van der Waals surface area contributed by atoms with Crippen molar-refractivity contribution >= 4 is 38.1 Å². The van der Waals surface area contributed by atoms with Crippen LogP contribution in [0.1, 0.15) is 16.7 Å². The van der Waals surface area contributed by atoms with Crippen LogP contribution in [0.3, 0.4) is 0 Å². The van der Waals surface area contributed by atoms with Crippen molar-refractivity contribution in [2.45, 2.75) is 18.4 Å². The number of ether oxygens (including phenoxy) is 1. The lowest BCUT2D eigenvalue weighted by atomic mass is 10.2. The molecule has 3 rings (SSSR count). The fourth-order valence-corrected chi connectivity index (χ4v) is 4.70. The number of hydrazone groups is 1. The number of rotatable bonds is 9. The first-order valence-electron chi connectivity index (χ1n) is 10.2. The first-order valence-corrected chi connectivity index (χ1v) is 12.4. The summed E-state index contributed by atoms with van der Waals surface area (Å²) in [6.45, 7) is 1.41. The number of benzene rings is 3. The number of hydrogen-bond donors (Lipinski definition) is 2. The Hall–Kier alpha value is -3.21. The zero-order valence-electron chi connectivity index (χ0n) is 18.6. The van der Waals surface area contributed by atoms with E-state index in [1.165, 1.54) is 25.5 Å². The van der Waals surface area contributed by atoms with Crippen molar-refractivity contribution in [1.82, 2.24) is 9.73 Å². The van der Waals surface area contributed by atoms with E-state index in [2.05, 4.69) is 26.5 Å². The summed E-state index contributed by atoms with van der Waals surface area (Å²) in [6.07, 6.45) is 1.25. The van der Waals surface area contributed by atoms with Crippen LogP contribution >= 0.6 is 15.9 Å². The van der Waals surface area contributed by atoms with Gasteiger partial charge in [0.2, 0.25) is 10.0 Å². The molecule has 0 atom stereocenters. The molecule has 0 saturated carbocycles. The van der Waals surface area contributed by atoms with Gasteiger partial charge in [0.05, 0.1) is 24.8 Å². The number of methoxy groups -OCH3 is 1. The molecule has 3 aromatic carbocycles. The molecule has 1 amide bonds. The number of para-hydroxylation sites is 1. The molecule has 2 N–H and O–H groups in total. The number of carbonyl (C=O) groups excluding carboxylic acids is 1. The molecular weight excluding hydrogens is 522 g/mol. The number of phenolic OH excluding ortho intramolecular Hbond substituents is 1. The van der Waals surface area contributed by atoms with E-state index in [0.29, 0.717) is 5.56 Å². The number of aryl methyl sites for hydroxylation is 1. The van der Waals surface area contributed by atoms with Gasteiger partial charge in [-0.05, 0) is 48.9 Å². The number of phenols is 1. The molecule has 0 aliphatic heterocycles. The third kappa shape index (κ3) is 6.43. The Kier molecular flexibility index (Phi) is 8.43. The van der Waals surface area contributed by atoms with Gasteiger partial charge in [-0.15, -0.1) is 0 Å². The minimum atomic E-state index is -3.96. The summed E-state index contributed by atoms with van der Waals surface area (Å²) in [5, 5.41) is 14.0. The average Bonchev–Trinajstić information content (AvgIpc) is 2.81. The molecule has 0 spiro atoms. The van der Waals surface area contributed by atoms with Crippen LogP contribution in [0.4, 0.5) is 0 Å². The Morgan fingerprint density at radius 2 is 1.79 bits per heavy atom. The minimum absolute atomic E-state index is 0.00268. The largest absolute Gasteiger partial charge is 0.504 e. The number of aromatic hydroxyl groups is 1. The molecule has 0 bridgehead atoms. The molecule has 0 aromatic heterocycles. The van der Waals surface area contributed by atoms with Crippen molar-refractivity contribution in [1.29, 1.82) is 0 Å². The van der Waals surface area contributed by atoms with Crippen molar-refractivity contribution in [2.24, 2.45) is 5.10 Å². The van der Waals surface area contributed by atoms with E-state index >= 15 is 0 Å². The molecule has 10 heteroatoms. The zero-order valence-corrected chi connectivity index (χ0v) is 21.0. The number of hydrogen-bond acceptors (Lipinski definition) is 6. The van der Waals surface area contributed by atoms with E-state index in [-0.39, 0.29) is 22.9 Å². The van der Waals surface area contributed by atoms with E-state index in [1.54, 1.807) is 54.6 Å². The second-order valence-corrected chi connectivity index (χ2v) is 10.3. The van der Waals surface area contributed by atoms with Crippen LogP contribution in [0.25, 0.3) is 0 Å². The van der Waals surface area contributed by atoms with Crippen LogP contribution in [-0.4, -0.2) is 43.6 Å². The van der Waals surface area contributed by atoms with Crippen molar-refractivity contribution in [2.75, 3.05) is 13.7 Å². The van der Waals surface area contributed by atoms with Gasteiger partial charge in [0.1, 0.15) is 0 Å². The highest BCUT2D eigenvalue weighted by Crippen LogP contribution is 2.28. The molecule has 0 unspecified atom stereocenters. The molecule has 178 valence electrons. The highest BCUT2D eigenvalue weighted by molar-refractivity contribution is 9.10. The van der Waals surface area contributed by atoms with Gasteiger partial charge in [0, 0.05) is 16.6 Å². The van der Waals surface area contributed by atoms with Gasteiger partial charge < -0.3 is 9.84 Å². The second-order valence-electron chi connectivity index (χ2n) is 7.40. The van der Waals surface area contributed by atoms with Gasteiger partial charge >= 0.3 is 0 Å². The maximum atomic E-state index is 13.3. The molecule has 0 saturated heterocycles. The van der Waals surface area contributed by atoms with Crippen LogP contribution < -0.4 is 10.2 Å². The van der Waals surface area contributed by atoms with Crippen LogP contribution in [0.5, 0.6) is 11.5 Å². The molecule has 8 nitrogen and oxygen atoms in total. The standard InChI is InChI=1S/C24H24BrN3O5S/c1-17-6-12-21(13-7-17)34(31,32)28(15-18-8-10-20(25)11-9-18)16-23(29)27-26-14-19-4-3-5-22(33-2)24(19)30/h3-14,30H,15-16H2,1-2H3,(H,27,29)/b26-14-. The fourth-order valence-electron chi connectivity index (χ4n) is 3.06. The smallest absolute Gasteiger partial charge is 0.255 e. The van der Waals surface area contributed by atoms with Gasteiger partial charge in [-0.3, -0.25) is 4.79 Å². The first kappa shape index (κ1) is 25.4. The summed E-state index contributed by atoms with van der Waals surface area (Å²) in [4.78, 5) is 12.7. The topological polar surface area (TPSA) is 108 Å². The summed E-state index contributed by atoms with van der Waals surface area (Å²) in [7, 11) is -2.54. The summed E-state index contributed by atoms with van der Waals surface area (Å²) in [6, 6.07) is 18.4. The number of amides is 1. The highest BCUT2D eigenvalue weighted by Gasteiger charge is 2.27. The zero-order chi connectivity index (χ0) is 24.7. The number of sulfonamides is 1. The second kappa shape index (κ2) is 11.3. The monoisotopic (exact) mass is 545 g/mol. The molecule has 34 heavy (non-hydrogen) atoms. The lowest BCUT2D eigenvalue weighted by Crippen LogP contribution is -2.39. The van der Waals surface area contributed by atoms with Gasteiger partial charge in [0.25, 0.3) is 5.91 Å². The molecule has 0 heterocycles.